The maximum Gasteiger partial charge on any atom is 0.294 e. The number of hydrogen-bond donors (Lipinski definition) is 1. The second-order valence-electron chi connectivity index (χ2n) is 8.88. The van der Waals surface area contributed by atoms with Crippen molar-refractivity contribution in [2.45, 2.75) is 24.8 Å². The molecule has 37 heavy (non-hydrogen) atoms. The summed E-state index contributed by atoms with van der Waals surface area (Å²) in [5.41, 5.74) is 3.40. The van der Waals surface area contributed by atoms with Gasteiger partial charge in [-0.1, -0.05) is 30.3 Å². The summed E-state index contributed by atoms with van der Waals surface area (Å²) in [6.07, 6.45) is 3.94. The Bertz CT molecular complexity index is 1460. The Morgan fingerprint density at radius 1 is 0.946 bits per heavy atom. The highest BCUT2D eigenvalue weighted by Crippen LogP contribution is 2.49. The van der Waals surface area contributed by atoms with E-state index in [1.807, 2.05) is 60.7 Å². The number of Topliss-reactive ketones (excluding diaryl/α,β-unsaturated/α-hetero) is 1. The number of rotatable bonds is 4. The third kappa shape index (κ3) is 4.21. The van der Waals surface area contributed by atoms with Gasteiger partial charge in [0.05, 0.1) is 37.1 Å². The van der Waals surface area contributed by atoms with Gasteiger partial charge in [-0.3, -0.25) is 14.5 Å². The Balaban J connectivity index is 0.00000280. The van der Waals surface area contributed by atoms with Gasteiger partial charge in [-0.25, -0.2) is 0 Å². The molecular formula is C29H25ClN2O5. The molecule has 0 fully saturated rings. The first-order valence-electron chi connectivity index (χ1n) is 11.8. The molecule has 8 heteroatoms. The van der Waals surface area contributed by atoms with E-state index >= 15 is 0 Å². The highest BCUT2D eigenvalue weighted by atomic mass is 35.5. The number of halogens is 1. The van der Waals surface area contributed by atoms with Gasteiger partial charge in [0, 0.05) is 29.2 Å². The van der Waals surface area contributed by atoms with E-state index in [0.29, 0.717) is 23.4 Å². The predicted molar refractivity (Wildman–Crippen MR) is 141 cm³/mol. The Morgan fingerprint density at radius 2 is 1.70 bits per heavy atom. The second kappa shape index (κ2) is 10.0. The lowest BCUT2D eigenvalue weighted by Gasteiger charge is -2.35. The summed E-state index contributed by atoms with van der Waals surface area (Å²) in [7, 11) is 1.59. The number of benzene rings is 2. The normalized spacial score (nSPS) is 18.7. The van der Waals surface area contributed by atoms with Crippen molar-refractivity contribution in [1.82, 2.24) is 0 Å². The van der Waals surface area contributed by atoms with Crippen LogP contribution in [0.1, 0.15) is 46.7 Å². The number of nitrogens with zero attached hydrogens (tertiary/aromatic N) is 1. The predicted octanol–water partition coefficient (Wildman–Crippen LogP) is 6.52. The Hall–Kier alpha value is -4.23. The molecule has 2 aromatic heterocycles. The number of ketones is 1. The van der Waals surface area contributed by atoms with E-state index in [9.17, 15) is 9.59 Å². The smallest absolute Gasteiger partial charge is 0.294 e. The SMILES string of the molecule is COc1ccccc1C1C2=C(CC(c3ccco3)CC2=O)Nc2ccccc2N1C(=O)c1ccco1.Cl. The monoisotopic (exact) mass is 516 g/mol. The molecule has 2 unspecified atom stereocenters. The van der Waals surface area contributed by atoms with E-state index in [1.165, 1.54) is 6.26 Å². The van der Waals surface area contributed by atoms with Crippen LogP contribution in [0.4, 0.5) is 11.4 Å². The van der Waals surface area contributed by atoms with Gasteiger partial charge in [-0.2, -0.15) is 0 Å². The average Bonchev–Trinajstić information content (AvgIpc) is 3.61. The van der Waals surface area contributed by atoms with Gasteiger partial charge < -0.3 is 18.9 Å². The lowest BCUT2D eigenvalue weighted by Crippen LogP contribution is -2.38. The largest absolute Gasteiger partial charge is 0.496 e. The fourth-order valence-electron chi connectivity index (χ4n) is 5.24. The van der Waals surface area contributed by atoms with E-state index in [0.717, 1.165) is 22.7 Å². The lowest BCUT2D eigenvalue weighted by atomic mass is 9.79. The number of ether oxygens (including phenoxy) is 1. The van der Waals surface area contributed by atoms with Gasteiger partial charge in [0.15, 0.2) is 11.5 Å². The maximum atomic E-state index is 14.0. The van der Waals surface area contributed by atoms with Crippen LogP contribution in [-0.2, 0) is 4.79 Å². The summed E-state index contributed by atoms with van der Waals surface area (Å²) >= 11 is 0. The summed E-state index contributed by atoms with van der Waals surface area (Å²) in [4.78, 5) is 29.6. The number of fused-ring (bicyclic) bond motifs is 1. The molecule has 188 valence electrons. The number of allylic oxidation sites excluding steroid dienone is 1. The summed E-state index contributed by atoms with van der Waals surface area (Å²) in [6.45, 7) is 0. The van der Waals surface area contributed by atoms with Crippen molar-refractivity contribution in [1.29, 1.82) is 0 Å². The van der Waals surface area contributed by atoms with Gasteiger partial charge in [0.2, 0.25) is 0 Å². The van der Waals surface area contributed by atoms with Crippen LogP contribution in [0.5, 0.6) is 5.75 Å². The molecule has 4 aromatic rings. The number of methoxy groups -OCH3 is 1. The molecule has 3 heterocycles. The van der Waals surface area contributed by atoms with Crippen LogP contribution in [0.3, 0.4) is 0 Å². The molecule has 1 amide bonds. The topological polar surface area (TPSA) is 84.9 Å². The molecule has 2 atom stereocenters. The molecule has 0 bridgehead atoms. The van der Waals surface area contributed by atoms with Crippen LogP contribution in [-0.4, -0.2) is 18.8 Å². The Kier molecular flexibility index (Phi) is 6.63. The number of amides is 1. The van der Waals surface area contributed by atoms with Crippen LogP contribution in [0.15, 0.2) is 105 Å². The number of carbonyl (C=O) groups is 2. The minimum absolute atomic E-state index is 0. The zero-order valence-corrected chi connectivity index (χ0v) is 20.9. The highest BCUT2D eigenvalue weighted by molar-refractivity contribution is 6.11. The second-order valence-corrected chi connectivity index (χ2v) is 8.88. The van der Waals surface area contributed by atoms with Gasteiger partial charge in [0.1, 0.15) is 11.5 Å². The van der Waals surface area contributed by atoms with E-state index in [4.69, 9.17) is 13.6 Å². The third-order valence-corrected chi connectivity index (χ3v) is 6.82. The summed E-state index contributed by atoms with van der Waals surface area (Å²) in [5.74, 6) is 1.05. The lowest BCUT2D eigenvalue weighted by molar-refractivity contribution is -0.116. The minimum atomic E-state index is -0.727. The number of hydrogen-bond acceptors (Lipinski definition) is 6. The number of nitrogens with one attached hydrogen (secondary N) is 1. The van der Waals surface area contributed by atoms with Crippen LogP contribution in [0.25, 0.3) is 0 Å². The molecule has 2 aromatic carbocycles. The molecule has 6 rings (SSSR count). The molecule has 0 saturated heterocycles. The molecule has 2 aliphatic rings. The fraction of sp³-hybridized carbons (Fsp3) is 0.172. The van der Waals surface area contributed by atoms with Crippen molar-refractivity contribution >= 4 is 35.5 Å². The molecule has 7 nitrogen and oxygen atoms in total. The average molecular weight is 517 g/mol. The van der Waals surface area contributed by atoms with Crippen LogP contribution in [0, 0.1) is 0 Å². The number of anilines is 2. The van der Waals surface area contributed by atoms with Crippen molar-refractivity contribution in [3.8, 4) is 5.75 Å². The first-order chi connectivity index (χ1) is 17.7. The molecular weight excluding hydrogens is 492 g/mol. The van der Waals surface area contributed by atoms with Crippen molar-refractivity contribution in [3.63, 3.8) is 0 Å². The van der Waals surface area contributed by atoms with Gasteiger partial charge in [0.25, 0.3) is 5.91 Å². The van der Waals surface area contributed by atoms with Crippen molar-refractivity contribution in [3.05, 3.63) is 114 Å². The zero-order chi connectivity index (χ0) is 24.6. The van der Waals surface area contributed by atoms with Crippen molar-refractivity contribution in [2.24, 2.45) is 0 Å². The summed E-state index contributed by atoms with van der Waals surface area (Å²) in [5, 5.41) is 3.50. The first kappa shape index (κ1) is 24.5. The Labute approximate surface area is 220 Å². The molecule has 0 saturated carbocycles. The Morgan fingerprint density at radius 3 is 2.46 bits per heavy atom. The standard InChI is InChI=1S/C29H24N2O5.ClH/c1-34-25-11-5-2-8-19(25)28-27-21(16-18(17-23(27)32)24-12-6-14-35-24)30-20-9-3-4-10-22(20)31(28)29(33)26-13-7-15-36-26;/h2-15,18,28,30H,16-17H2,1H3;1H. The third-order valence-electron chi connectivity index (χ3n) is 6.82. The van der Waals surface area contributed by atoms with Crippen LogP contribution < -0.4 is 15.0 Å². The van der Waals surface area contributed by atoms with Crippen molar-refractivity contribution in [2.75, 3.05) is 17.3 Å². The molecule has 0 radical (unpaired) electrons. The fourth-order valence-corrected chi connectivity index (χ4v) is 5.24. The quantitative estimate of drug-likeness (QED) is 0.332. The summed E-state index contributed by atoms with van der Waals surface area (Å²) < 4.78 is 16.9. The number of furan rings is 2. The van der Waals surface area contributed by atoms with Gasteiger partial charge >= 0.3 is 0 Å². The first-order valence-corrected chi connectivity index (χ1v) is 11.8. The van der Waals surface area contributed by atoms with E-state index < -0.39 is 6.04 Å². The maximum absolute atomic E-state index is 14.0. The molecule has 1 N–H and O–H groups in total. The van der Waals surface area contributed by atoms with Crippen molar-refractivity contribution < 1.29 is 23.2 Å². The van der Waals surface area contributed by atoms with E-state index in [-0.39, 0.29) is 42.2 Å². The van der Waals surface area contributed by atoms with Crippen LogP contribution in [0.2, 0.25) is 0 Å². The van der Waals surface area contributed by atoms with Gasteiger partial charge in [-0.15, -0.1) is 12.4 Å². The molecule has 0 spiro atoms. The van der Waals surface area contributed by atoms with Crippen LogP contribution >= 0.6 is 12.4 Å². The highest BCUT2D eigenvalue weighted by Gasteiger charge is 2.43. The number of carbonyl (C=O) groups excluding carboxylic acids is 2. The molecule has 1 aliphatic carbocycles. The van der Waals surface area contributed by atoms with E-state index in [1.54, 1.807) is 30.4 Å². The molecule has 1 aliphatic heterocycles. The van der Waals surface area contributed by atoms with E-state index in [2.05, 4.69) is 5.32 Å². The minimum Gasteiger partial charge on any atom is -0.496 e. The van der Waals surface area contributed by atoms with Gasteiger partial charge in [-0.05, 0) is 48.9 Å². The number of para-hydroxylation sites is 3. The summed E-state index contributed by atoms with van der Waals surface area (Å²) in [6, 6.07) is 21.4. The zero-order valence-electron chi connectivity index (χ0n) is 20.0.